The Bertz CT molecular complexity index is 611. The SMILES string of the molecule is COc1cc(OC)cc(C(=O)N[C@H]2CCN(CC(F)(F)F)C2=O)c1. The number of alkyl halides is 3. The number of nitrogens with zero attached hydrogens (tertiary/aromatic N) is 1. The molecule has 0 radical (unpaired) electrons. The third kappa shape index (κ3) is 4.30. The van der Waals surface area contributed by atoms with Crippen LogP contribution in [0.15, 0.2) is 18.2 Å². The maximum atomic E-state index is 12.4. The Morgan fingerprint density at radius 1 is 1.25 bits per heavy atom. The van der Waals surface area contributed by atoms with Crippen LogP contribution in [0.2, 0.25) is 0 Å². The first-order valence-corrected chi connectivity index (χ1v) is 7.13. The van der Waals surface area contributed by atoms with Crippen molar-refractivity contribution in [2.45, 2.75) is 18.6 Å². The van der Waals surface area contributed by atoms with E-state index >= 15 is 0 Å². The van der Waals surface area contributed by atoms with Gasteiger partial charge in [0.15, 0.2) is 0 Å². The smallest absolute Gasteiger partial charge is 0.406 e. The van der Waals surface area contributed by atoms with E-state index in [1.54, 1.807) is 6.07 Å². The summed E-state index contributed by atoms with van der Waals surface area (Å²) in [6.07, 6.45) is -4.34. The molecule has 1 fully saturated rings. The zero-order valence-electron chi connectivity index (χ0n) is 13.1. The first-order valence-electron chi connectivity index (χ1n) is 7.13. The third-order valence-corrected chi connectivity index (χ3v) is 3.59. The number of ether oxygens (including phenoxy) is 2. The molecule has 24 heavy (non-hydrogen) atoms. The molecule has 0 bridgehead atoms. The van der Waals surface area contributed by atoms with E-state index in [1.165, 1.54) is 26.4 Å². The standard InChI is InChI=1S/C15H17F3N2O4/c1-23-10-5-9(6-11(7-10)24-2)13(21)19-12-3-4-20(14(12)22)8-15(16,17)18/h5-7,12H,3-4,8H2,1-2H3,(H,19,21)/t12-/m0/s1. The van der Waals surface area contributed by atoms with Crippen molar-refractivity contribution < 1.29 is 32.2 Å². The Labute approximate surface area is 136 Å². The van der Waals surface area contributed by atoms with Crippen LogP contribution in [0.5, 0.6) is 11.5 Å². The Kier molecular flexibility index (Phi) is 5.20. The van der Waals surface area contributed by atoms with E-state index in [1.807, 2.05) is 0 Å². The minimum atomic E-state index is -4.46. The van der Waals surface area contributed by atoms with Gasteiger partial charge in [-0.05, 0) is 18.6 Å². The second-order valence-corrected chi connectivity index (χ2v) is 5.29. The molecule has 1 heterocycles. The molecule has 1 saturated heterocycles. The van der Waals surface area contributed by atoms with Gasteiger partial charge in [-0.2, -0.15) is 13.2 Å². The highest BCUT2D eigenvalue weighted by molar-refractivity contribution is 5.98. The predicted octanol–water partition coefficient (Wildman–Crippen LogP) is 1.60. The number of nitrogens with one attached hydrogen (secondary N) is 1. The van der Waals surface area contributed by atoms with E-state index in [-0.39, 0.29) is 18.5 Å². The minimum Gasteiger partial charge on any atom is -0.497 e. The first kappa shape index (κ1) is 17.9. The van der Waals surface area contributed by atoms with Crippen molar-refractivity contribution in [1.82, 2.24) is 10.2 Å². The van der Waals surface area contributed by atoms with Gasteiger partial charge < -0.3 is 19.7 Å². The highest BCUT2D eigenvalue weighted by Gasteiger charge is 2.39. The zero-order chi connectivity index (χ0) is 17.9. The highest BCUT2D eigenvalue weighted by Crippen LogP contribution is 2.24. The van der Waals surface area contributed by atoms with Crippen molar-refractivity contribution in [1.29, 1.82) is 0 Å². The lowest BCUT2D eigenvalue weighted by molar-refractivity contribution is -0.157. The molecule has 1 atom stereocenters. The summed E-state index contributed by atoms with van der Waals surface area (Å²) in [5.41, 5.74) is 0.188. The number of benzene rings is 1. The zero-order valence-corrected chi connectivity index (χ0v) is 13.1. The van der Waals surface area contributed by atoms with Crippen LogP contribution in [0.1, 0.15) is 16.8 Å². The van der Waals surface area contributed by atoms with E-state index in [4.69, 9.17) is 9.47 Å². The number of hydrogen-bond acceptors (Lipinski definition) is 4. The highest BCUT2D eigenvalue weighted by atomic mass is 19.4. The molecular weight excluding hydrogens is 329 g/mol. The predicted molar refractivity (Wildman–Crippen MR) is 78.1 cm³/mol. The molecule has 2 amide bonds. The summed E-state index contributed by atoms with van der Waals surface area (Å²) in [4.78, 5) is 24.9. The lowest BCUT2D eigenvalue weighted by Crippen LogP contribution is -2.43. The van der Waals surface area contributed by atoms with Crippen LogP contribution >= 0.6 is 0 Å². The molecule has 1 aliphatic rings. The van der Waals surface area contributed by atoms with Gasteiger partial charge in [0.25, 0.3) is 5.91 Å². The van der Waals surface area contributed by atoms with Crippen molar-refractivity contribution in [3.63, 3.8) is 0 Å². The summed E-state index contributed by atoms with van der Waals surface area (Å²) in [7, 11) is 2.85. The van der Waals surface area contributed by atoms with Crippen LogP contribution in [0.25, 0.3) is 0 Å². The Morgan fingerprint density at radius 2 is 1.83 bits per heavy atom. The number of carbonyl (C=O) groups excluding carboxylic acids is 2. The number of methoxy groups -OCH3 is 2. The number of carbonyl (C=O) groups is 2. The van der Waals surface area contributed by atoms with Gasteiger partial charge in [-0.25, -0.2) is 0 Å². The Balaban J connectivity index is 2.06. The molecular formula is C15H17F3N2O4. The van der Waals surface area contributed by atoms with Crippen LogP contribution in [-0.2, 0) is 4.79 Å². The lowest BCUT2D eigenvalue weighted by Gasteiger charge is -2.18. The summed E-state index contributed by atoms with van der Waals surface area (Å²) in [6, 6.07) is 3.50. The minimum absolute atomic E-state index is 0.0509. The average Bonchev–Trinajstić information content (AvgIpc) is 2.85. The fraction of sp³-hybridized carbons (Fsp3) is 0.467. The summed E-state index contributed by atoms with van der Waals surface area (Å²) in [6.45, 7) is -1.37. The van der Waals surface area contributed by atoms with E-state index < -0.39 is 30.6 Å². The van der Waals surface area contributed by atoms with E-state index in [9.17, 15) is 22.8 Å². The molecule has 1 aromatic carbocycles. The van der Waals surface area contributed by atoms with Gasteiger partial charge in [-0.15, -0.1) is 0 Å². The number of rotatable bonds is 5. The number of halogens is 3. The Hall–Kier alpha value is -2.45. The summed E-state index contributed by atoms with van der Waals surface area (Å²) >= 11 is 0. The molecule has 132 valence electrons. The molecule has 6 nitrogen and oxygen atoms in total. The monoisotopic (exact) mass is 346 g/mol. The van der Waals surface area contributed by atoms with Gasteiger partial charge in [0, 0.05) is 18.2 Å². The Morgan fingerprint density at radius 3 is 2.33 bits per heavy atom. The summed E-state index contributed by atoms with van der Waals surface area (Å²) in [5, 5.41) is 2.45. The van der Waals surface area contributed by atoms with Crippen molar-refractivity contribution in [2.75, 3.05) is 27.3 Å². The molecule has 0 aromatic heterocycles. The van der Waals surface area contributed by atoms with Crippen LogP contribution in [-0.4, -0.2) is 56.2 Å². The van der Waals surface area contributed by atoms with E-state index in [2.05, 4.69) is 5.32 Å². The fourth-order valence-corrected chi connectivity index (χ4v) is 2.43. The van der Waals surface area contributed by atoms with Gasteiger partial charge in [-0.3, -0.25) is 9.59 Å². The maximum Gasteiger partial charge on any atom is 0.406 e. The van der Waals surface area contributed by atoms with Crippen LogP contribution in [0.3, 0.4) is 0 Å². The average molecular weight is 346 g/mol. The van der Waals surface area contributed by atoms with Gasteiger partial charge >= 0.3 is 6.18 Å². The van der Waals surface area contributed by atoms with Gasteiger partial charge in [-0.1, -0.05) is 0 Å². The molecule has 1 aliphatic heterocycles. The lowest BCUT2D eigenvalue weighted by atomic mass is 10.1. The molecule has 1 aromatic rings. The summed E-state index contributed by atoms with van der Waals surface area (Å²) < 4.78 is 47.3. The molecule has 1 N–H and O–H groups in total. The van der Waals surface area contributed by atoms with Crippen molar-refractivity contribution >= 4 is 11.8 Å². The molecule has 9 heteroatoms. The number of hydrogen-bond donors (Lipinski definition) is 1. The van der Waals surface area contributed by atoms with E-state index in [0.717, 1.165) is 0 Å². The first-order chi connectivity index (χ1) is 11.2. The fourth-order valence-electron chi connectivity index (χ4n) is 2.43. The molecule has 0 saturated carbocycles. The van der Waals surface area contributed by atoms with Gasteiger partial charge in [0.05, 0.1) is 14.2 Å². The third-order valence-electron chi connectivity index (χ3n) is 3.59. The quantitative estimate of drug-likeness (QED) is 0.879. The topological polar surface area (TPSA) is 67.9 Å². The molecule has 0 unspecified atom stereocenters. The molecule has 0 spiro atoms. The summed E-state index contributed by atoms with van der Waals surface area (Å²) in [5.74, 6) is -0.554. The van der Waals surface area contributed by atoms with Gasteiger partial charge in [0.2, 0.25) is 5.91 Å². The van der Waals surface area contributed by atoms with Crippen molar-refractivity contribution in [3.05, 3.63) is 23.8 Å². The second-order valence-electron chi connectivity index (χ2n) is 5.29. The van der Waals surface area contributed by atoms with E-state index in [0.29, 0.717) is 16.4 Å². The number of likely N-dealkylation sites (tertiary alicyclic amines) is 1. The largest absolute Gasteiger partial charge is 0.497 e. The normalized spacial score (nSPS) is 17.8. The maximum absolute atomic E-state index is 12.4. The van der Waals surface area contributed by atoms with Crippen LogP contribution < -0.4 is 14.8 Å². The number of amides is 2. The van der Waals surface area contributed by atoms with Crippen LogP contribution in [0.4, 0.5) is 13.2 Å². The van der Waals surface area contributed by atoms with Crippen LogP contribution in [0, 0.1) is 0 Å². The molecule has 2 rings (SSSR count). The molecule has 0 aliphatic carbocycles. The second kappa shape index (κ2) is 6.98. The van der Waals surface area contributed by atoms with Gasteiger partial charge in [0.1, 0.15) is 24.1 Å². The van der Waals surface area contributed by atoms with Crippen molar-refractivity contribution in [3.8, 4) is 11.5 Å². The van der Waals surface area contributed by atoms with Crippen molar-refractivity contribution in [2.24, 2.45) is 0 Å².